The minimum atomic E-state index is 1.04. The number of allylic oxidation sites excluding steroid dienone is 1. The van der Waals surface area contributed by atoms with E-state index in [1.54, 1.807) is 0 Å². The molecule has 8 aromatic rings. The van der Waals surface area contributed by atoms with E-state index in [2.05, 4.69) is 193 Å². The lowest BCUT2D eigenvalue weighted by atomic mass is 9.82. The molecule has 0 unspecified atom stereocenters. The molecule has 9 rings (SSSR count). The van der Waals surface area contributed by atoms with Crippen molar-refractivity contribution in [2.45, 2.75) is 12.8 Å². The van der Waals surface area contributed by atoms with E-state index in [1.165, 1.54) is 66.1 Å². The summed E-state index contributed by atoms with van der Waals surface area (Å²) in [5.74, 6) is 0. The summed E-state index contributed by atoms with van der Waals surface area (Å²) in [4.78, 5) is 2.43. The van der Waals surface area contributed by atoms with E-state index in [1.807, 2.05) is 0 Å². The highest BCUT2D eigenvalue weighted by molar-refractivity contribution is 6.05. The molecular formula is C48H35N. The Kier molecular flexibility index (Phi) is 7.37. The molecule has 0 radical (unpaired) electrons. The van der Waals surface area contributed by atoms with Gasteiger partial charge in [-0.25, -0.2) is 0 Å². The van der Waals surface area contributed by atoms with Gasteiger partial charge in [0.05, 0.1) is 5.69 Å². The van der Waals surface area contributed by atoms with E-state index >= 15 is 0 Å². The predicted molar refractivity (Wildman–Crippen MR) is 210 cm³/mol. The Balaban J connectivity index is 1.29. The van der Waals surface area contributed by atoms with Gasteiger partial charge < -0.3 is 4.90 Å². The highest BCUT2D eigenvalue weighted by atomic mass is 15.1. The van der Waals surface area contributed by atoms with Crippen molar-refractivity contribution < 1.29 is 0 Å². The van der Waals surface area contributed by atoms with Crippen molar-refractivity contribution in [3.63, 3.8) is 0 Å². The standard InChI is InChI=1S/C48H35N/c1-3-14-34(15-4-1)35-26-28-40(29-27-35)49(47-25-13-21-36-18-7-10-22-42(36)47)41-30-31-45(46(33-41)37-16-5-2-6-17-37)48-43-23-11-8-19-38(43)32-39-20-9-12-24-44(39)48/h1-11,13-23,25-33H,12,24H2. The maximum Gasteiger partial charge on any atom is 0.0540 e. The Morgan fingerprint density at radius 3 is 1.86 bits per heavy atom. The Hall–Kier alpha value is -6.18. The first-order valence-corrected chi connectivity index (χ1v) is 17.2. The van der Waals surface area contributed by atoms with Gasteiger partial charge in [-0.05, 0) is 110 Å². The summed E-state index contributed by atoms with van der Waals surface area (Å²) in [7, 11) is 0. The Bertz CT molecular complexity index is 2470. The maximum atomic E-state index is 2.43. The Morgan fingerprint density at radius 1 is 0.429 bits per heavy atom. The predicted octanol–water partition coefficient (Wildman–Crippen LogP) is 13.4. The molecule has 0 amide bonds. The van der Waals surface area contributed by atoms with Crippen LogP contribution >= 0.6 is 0 Å². The number of anilines is 3. The molecule has 232 valence electrons. The van der Waals surface area contributed by atoms with Crippen LogP contribution in [0.2, 0.25) is 0 Å². The van der Waals surface area contributed by atoms with Gasteiger partial charge in [-0.1, -0.05) is 152 Å². The van der Waals surface area contributed by atoms with Crippen molar-refractivity contribution in [3.05, 3.63) is 193 Å². The van der Waals surface area contributed by atoms with E-state index in [4.69, 9.17) is 0 Å². The number of benzene rings is 8. The lowest BCUT2D eigenvalue weighted by Crippen LogP contribution is -2.11. The number of fused-ring (bicyclic) bond motifs is 3. The molecular weight excluding hydrogens is 591 g/mol. The summed E-state index contributed by atoms with van der Waals surface area (Å²) >= 11 is 0. The van der Waals surface area contributed by atoms with Crippen LogP contribution in [0.5, 0.6) is 0 Å². The number of hydrogen-bond acceptors (Lipinski definition) is 1. The van der Waals surface area contributed by atoms with Gasteiger partial charge in [-0.15, -0.1) is 0 Å². The van der Waals surface area contributed by atoms with E-state index in [9.17, 15) is 0 Å². The van der Waals surface area contributed by atoms with Gasteiger partial charge in [0, 0.05) is 16.8 Å². The van der Waals surface area contributed by atoms with Crippen molar-refractivity contribution >= 4 is 44.7 Å². The third-order valence-electron chi connectivity index (χ3n) is 9.91. The second kappa shape index (κ2) is 12.4. The highest BCUT2D eigenvalue weighted by Crippen LogP contribution is 2.46. The maximum absolute atomic E-state index is 2.43. The third-order valence-corrected chi connectivity index (χ3v) is 9.91. The van der Waals surface area contributed by atoms with E-state index in [0.29, 0.717) is 0 Å². The summed E-state index contributed by atoms with van der Waals surface area (Å²) < 4.78 is 0. The molecule has 8 aromatic carbocycles. The zero-order chi connectivity index (χ0) is 32.6. The van der Waals surface area contributed by atoms with Gasteiger partial charge in [0.1, 0.15) is 0 Å². The van der Waals surface area contributed by atoms with Crippen LogP contribution in [-0.2, 0) is 6.42 Å². The first-order chi connectivity index (χ1) is 24.3. The van der Waals surface area contributed by atoms with Crippen LogP contribution in [0.25, 0.3) is 61.0 Å². The molecule has 0 aliphatic heterocycles. The number of rotatable bonds is 6. The first kappa shape index (κ1) is 29.0. The fraction of sp³-hybridized carbons (Fsp3) is 0.0417. The normalized spacial score (nSPS) is 12.2. The zero-order valence-electron chi connectivity index (χ0n) is 27.3. The van der Waals surface area contributed by atoms with Crippen LogP contribution in [0.4, 0.5) is 17.1 Å². The fourth-order valence-electron chi connectivity index (χ4n) is 7.59. The van der Waals surface area contributed by atoms with Crippen molar-refractivity contribution in [3.8, 4) is 33.4 Å². The molecule has 0 aromatic heterocycles. The first-order valence-electron chi connectivity index (χ1n) is 17.2. The molecule has 1 nitrogen and oxygen atoms in total. The van der Waals surface area contributed by atoms with Crippen LogP contribution in [0.1, 0.15) is 17.5 Å². The fourth-order valence-corrected chi connectivity index (χ4v) is 7.59. The smallest absolute Gasteiger partial charge is 0.0540 e. The average molecular weight is 626 g/mol. The van der Waals surface area contributed by atoms with Gasteiger partial charge in [0.2, 0.25) is 0 Å². The molecule has 0 fully saturated rings. The Labute approximate surface area is 288 Å². The molecule has 0 N–H and O–H groups in total. The van der Waals surface area contributed by atoms with E-state index < -0.39 is 0 Å². The van der Waals surface area contributed by atoms with Crippen LogP contribution in [0.15, 0.2) is 182 Å². The molecule has 1 aliphatic carbocycles. The summed E-state index contributed by atoms with van der Waals surface area (Å²) in [5.41, 5.74) is 13.7. The van der Waals surface area contributed by atoms with Crippen molar-refractivity contribution in [1.29, 1.82) is 0 Å². The van der Waals surface area contributed by atoms with Gasteiger partial charge in [0.15, 0.2) is 0 Å². The molecule has 0 atom stereocenters. The molecule has 1 aliphatic rings. The minimum Gasteiger partial charge on any atom is -0.310 e. The highest BCUT2D eigenvalue weighted by Gasteiger charge is 2.22. The van der Waals surface area contributed by atoms with Crippen LogP contribution < -0.4 is 4.90 Å². The molecule has 0 spiro atoms. The van der Waals surface area contributed by atoms with E-state index in [0.717, 1.165) is 29.9 Å². The summed E-state index contributed by atoms with van der Waals surface area (Å²) in [6.07, 6.45) is 6.72. The summed E-state index contributed by atoms with van der Waals surface area (Å²) in [6.45, 7) is 0. The van der Waals surface area contributed by atoms with Crippen molar-refractivity contribution in [2.24, 2.45) is 0 Å². The SMILES string of the molecule is C1=Cc2cc3ccccc3c(-c3ccc(N(c4ccc(-c5ccccc5)cc4)c4cccc5ccccc45)cc3-c3ccccc3)c2CC1. The molecule has 0 bridgehead atoms. The topological polar surface area (TPSA) is 3.24 Å². The summed E-state index contributed by atoms with van der Waals surface area (Å²) in [5, 5.41) is 5.03. The molecule has 1 heteroatoms. The van der Waals surface area contributed by atoms with Gasteiger partial charge in [0.25, 0.3) is 0 Å². The van der Waals surface area contributed by atoms with Crippen molar-refractivity contribution in [1.82, 2.24) is 0 Å². The zero-order valence-corrected chi connectivity index (χ0v) is 27.3. The minimum absolute atomic E-state index is 1.04. The monoisotopic (exact) mass is 625 g/mol. The largest absolute Gasteiger partial charge is 0.310 e. The van der Waals surface area contributed by atoms with Gasteiger partial charge >= 0.3 is 0 Å². The lowest BCUT2D eigenvalue weighted by molar-refractivity contribution is 0.991. The molecule has 0 saturated carbocycles. The Morgan fingerprint density at radius 2 is 1.06 bits per heavy atom. The second-order valence-corrected chi connectivity index (χ2v) is 12.8. The third kappa shape index (κ3) is 5.30. The second-order valence-electron chi connectivity index (χ2n) is 12.8. The van der Waals surface area contributed by atoms with Crippen molar-refractivity contribution in [2.75, 3.05) is 4.90 Å². The summed E-state index contributed by atoms with van der Waals surface area (Å²) in [6, 6.07) is 64.1. The number of nitrogens with zero attached hydrogens (tertiary/aromatic N) is 1. The van der Waals surface area contributed by atoms with E-state index in [-0.39, 0.29) is 0 Å². The average Bonchev–Trinajstić information content (AvgIpc) is 3.18. The van der Waals surface area contributed by atoms with Crippen LogP contribution in [0.3, 0.4) is 0 Å². The molecule has 49 heavy (non-hydrogen) atoms. The number of hydrogen-bond donors (Lipinski definition) is 0. The quantitative estimate of drug-likeness (QED) is 0.178. The van der Waals surface area contributed by atoms with Crippen LogP contribution in [0, 0.1) is 0 Å². The molecule has 0 heterocycles. The van der Waals surface area contributed by atoms with Gasteiger partial charge in [-0.2, -0.15) is 0 Å². The van der Waals surface area contributed by atoms with Crippen LogP contribution in [-0.4, -0.2) is 0 Å². The lowest BCUT2D eigenvalue weighted by Gasteiger charge is -2.29. The molecule has 0 saturated heterocycles. The van der Waals surface area contributed by atoms with Gasteiger partial charge in [-0.3, -0.25) is 0 Å².